The van der Waals surface area contributed by atoms with Gasteiger partial charge in [0.25, 0.3) is 0 Å². The molecule has 0 radical (unpaired) electrons. The third-order valence-corrected chi connectivity index (χ3v) is 6.70. The molecular formula is C22H19ClN2O5S. The van der Waals surface area contributed by atoms with Crippen molar-refractivity contribution in [2.24, 2.45) is 0 Å². The SMILES string of the molecule is COc1ccccc1-c1cc(CN(Cc2ccco2)S(=O)(=O)c2ccc(Cl)cc2)on1. The number of hydrogen-bond donors (Lipinski definition) is 0. The Morgan fingerprint density at radius 3 is 2.45 bits per heavy atom. The Hall–Kier alpha value is -3.07. The second-order valence-electron chi connectivity index (χ2n) is 6.69. The number of ether oxygens (including phenoxy) is 1. The van der Waals surface area contributed by atoms with Crippen molar-refractivity contribution in [3.05, 3.63) is 89.5 Å². The van der Waals surface area contributed by atoms with Gasteiger partial charge >= 0.3 is 0 Å². The number of halogens is 1. The number of para-hydroxylation sites is 1. The van der Waals surface area contributed by atoms with Crippen LogP contribution in [0.3, 0.4) is 0 Å². The molecular weight excluding hydrogens is 440 g/mol. The van der Waals surface area contributed by atoms with Crippen LogP contribution in [-0.2, 0) is 23.1 Å². The molecule has 0 N–H and O–H groups in total. The third kappa shape index (κ3) is 4.66. The molecule has 0 amide bonds. The summed E-state index contributed by atoms with van der Waals surface area (Å²) in [7, 11) is -2.29. The van der Waals surface area contributed by atoms with E-state index >= 15 is 0 Å². The average molecular weight is 459 g/mol. The van der Waals surface area contributed by atoms with E-state index in [2.05, 4.69) is 5.16 Å². The fraction of sp³-hybridized carbons (Fsp3) is 0.136. The van der Waals surface area contributed by atoms with Crippen molar-refractivity contribution in [3.63, 3.8) is 0 Å². The second-order valence-corrected chi connectivity index (χ2v) is 9.06. The van der Waals surface area contributed by atoms with Gasteiger partial charge < -0.3 is 13.7 Å². The minimum absolute atomic E-state index is 0.0304. The van der Waals surface area contributed by atoms with Crippen LogP contribution >= 0.6 is 11.6 Å². The van der Waals surface area contributed by atoms with Gasteiger partial charge in [0.1, 0.15) is 17.2 Å². The average Bonchev–Trinajstić information content (AvgIpc) is 3.46. The van der Waals surface area contributed by atoms with Crippen molar-refractivity contribution >= 4 is 21.6 Å². The maximum atomic E-state index is 13.3. The Labute approximate surface area is 184 Å². The molecule has 4 rings (SSSR count). The van der Waals surface area contributed by atoms with E-state index in [-0.39, 0.29) is 18.0 Å². The zero-order valence-corrected chi connectivity index (χ0v) is 18.1. The van der Waals surface area contributed by atoms with E-state index < -0.39 is 10.0 Å². The van der Waals surface area contributed by atoms with Crippen molar-refractivity contribution in [2.45, 2.75) is 18.0 Å². The Kier molecular flexibility index (Phi) is 6.13. The molecule has 0 saturated heterocycles. The molecule has 0 atom stereocenters. The van der Waals surface area contributed by atoms with Crippen molar-refractivity contribution in [2.75, 3.05) is 7.11 Å². The Morgan fingerprint density at radius 1 is 1.00 bits per heavy atom. The van der Waals surface area contributed by atoms with Gasteiger partial charge in [-0.05, 0) is 48.5 Å². The lowest BCUT2D eigenvalue weighted by molar-refractivity contribution is 0.303. The first kappa shape index (κ1) is 21.2. The van der Waals surface area contributed by atoms with Crippen LogP contribution in [-0.4, -0.2) is 25.0 Å². The van der Waals surface area contributed by atoms with Crippen molar-refractivity contribution in [3.8, 4) is 17.0 Å². The van der Waals surface area contributed by atoms with Crippen LogP contribution in [0.1, 0.15) is 11.5 Å². The number of benzene rings is 2. The van der Waals surface area contributed by atoms with E-state index in [0.717, 1.165) is 5.56 Å². The lowest BCUT2D eigenvalue weighted by Crippen LogP contribution is -2.30. The molecule has 7 nitrogen and oxygen atoms in total. The quantitative estimate of drug-likeness (QED) is 0.370. The van der Waals surface area contributed by atoms with E-state index in [9.17, 15) is 8.42 Å². The van der Waals surface area contributed by atoms with Gasteiger partial charge in [0.15, 0.2) is 5.76 Å². The summed E-state index contributed by atoms with van der Waals surface area (Å²) in [5.74, 6) is 1.52. The number of rotatable bonds is 8. The summed E-state index contributed by atoms with van der Waals surface area (Å²) in [4.78, 5) is 0.118. The molecule has 4 aromatic rings. The standard InChI is InChI=1S/C22H19ClN2O5S/c1-28-22-7-3-2-6-20(22)21-13-18(30-24-21)15-25(14-17-5-4-12-29-17)31(26,27)19-10-8-16(23)9-11-19/h2-13H,14-15H2,1H3. The molecule has 2 aromatic heterocycles. The summed E-state index contributed by atoms with van der Waals surface area (Å²) in [6.45, 7) is -0.00351. The van der Waals surface area contributed by atoms with Crippen LogP contribution in [0.5, 0.6) is 5.75 Å². The van der Waals surface area contributed by atoms with Gasteiger partial charge in [0.2, 0.25) is 10.0 Å². The van der Waals surface area contributed by atoms with Crippen molar-refractivity contribution < 1.29 is 22.1 Å². The van der Waals surface area contributed by atoms with E-state index in [0.29, 0.717) is 28.0 Å². The molecule has 0 spiro atoms. The van der Waals surface area contributed by atoms with E-state index in [1.165, 1.54) is 34.8 Å². The van der Waals surface area contributed by atoms with E-state index in [4.69, 9.17) is 25.3 Å². The number of methoxy groups -OCH3 is 1. The monoisotopic (exact) mass is 458 g/mol. The van der Waals surface area contributed by atoms with Crippen molar-refractivity contribution in [1.82, 2.24) is 9.46 Å². The van der Waals surface area contributed by atoms with Gasteiger partial charge in [-0.25, -0.2) is 8.42 Å². The van der Waals surface area contributed by atoms with Crippen LogP contribution in [0.2, 0.25) is 5.02 Å². The first-order valence-electron chi connectivity index (χ1n) is 9.34. The Balaban J connectivity index is 1.66. The molecule has 2 aromatic carbocycles. The summed E-state index contributed by atoms with van der Waals surface area (Å²) in [5.41, 5.74) is 1.30. The first-order valence-corrected chi connectivity index (χ1v) is 11.2. The molecule has 0 fully saturated rings. The Bertz CT molecular complexity index is 1250. The number of nitrogens with zero attached hydrogens (tertiary/aromatic N) is 2. The van der Waals surface area contributed by atoms with Crippen LogP contribution < -0.4 is 4.74 Å². The van der Waals surface area contributed by atoms with Crippen molar-refractivity contribution in [1.29, 1.82) is 0 Å². The minimum Gasteiger partial charge on any atom is -0.496 e. The maximum Gasteiger partial charge on any atom is 0.243 e. The fourth-order valence-corrected chi connectivity index (χ4v) is 4.60. The summed E-state index contributed by atoms with van der Waals surface area (Å²) >= 11 is 5.91. The molecule has 9 heteroatoms. The van der Waals surface area contributed by atoms with Crippen LogP contribution in [0, 0.1) is 0 Å². The zero-order valence-electron chi connectivity index (χ0n) is 16.6. The highest BCUT2D eigenvalue weighted by molar-refractivity contribution is 7.89. The molecule has 31 heavy (non-hydrogen) atoms. The highest BCUT2D eigenvalue weighted by Crippen LogP contribution is 2.30. The lowest BCUT2D eigenvalue weighted by Gasteiger charge is -2.20. The number of sulfonamides is 1. The largest absolute Gasteiger partial charge is 0.496 e. The van der Waals surface area contributed by atoms with Crippen LogP contribution in [0.15, 0.2) is 86.8 Å². The number of aromatic nitrogens is 1. The molecule has 0 aliphatic rings. The summed E-state index contributed by atoms with van der Waals surface area (Å²) in [6.07, 6.45) is 1.50. The summed E-state index contributed by atoms with van der Waals surface area (Å²) in [5, 5.41) is 4.55. The molecule has 2 heterocycles. The van der Waals surface area contributed by atoms with Gasteiger partial charge in [0, 0.05) is 16.7 Å². The molecule has 0 saturated carbocycles. The summed E-state index contributed by atoms with van der Waals surface area (Å²) in [6, 6.07) is 18.5. The first-order chi connectivity index (χ1) is 15.0. The maximum absolute atomic E-state index is 13.3. The fourth-order valence-electron chi connectivity index (χ4n) is 3.10. The minimum atomic E-state index is -3.86. The highest BCUT2D eigenvalue weighted by Gasteiger charge is 2.27. The molecule has 160 valence electrons. The number of furan rings is 1. The van der Waals surface area contributed by atoms with Gasteiger partial charge in [-0.1, -0.05) is 28.9 Å². The summed E-state index contributed by atoms with van der Waals surface area (Å²) < 4.78 is 44.1. The molecule has 0 aliphatic heterocycles. The highest BCUT2D eigenvalue weighted by atomic mass is 35.5. The smallest absolute Gasteiger partial charge is 0.243 e. The molecule has 0 bridgehead atoms. The normalized spacial score (nSPS) is 11.7. The topological polar surface area (TPSA) is 85.8 Å². The third-order valence-electron chi connectivity index (χ3n) is 4.64. The van der Waals surface area contributed by atoms with Gasteiger partial charge in [0.05, 0.1) is 31.4 Å². The Morgan fingerprint density at radius 2 is 1.74 bits per heavy atom. The molecule has 0 unspecified atom stereocenters. The lowest BCUT2D eigenvalue weighted by atomic mass is 10.1. The molecule has 0 aliphatic carbocycles. The van der Waals surface area contributed by atoms with Crippen LogP contribution in [0.25, 0.3) is 11.3 Å². The van der Waals surface area contributed by atoms with Crippen LogP contribution in [0.4, 0.5) is 0 Å². The van der Waals surface area contributed by atoms with Gasteiger partial charge in [-0.15, -0.1) is 0 Å². The van der Waals surface area contributed by atoms with Gasteiger partial charge in [-0.3, -0.25) is 0 Å². The second kappa shape index (κ2) is 8.97. The predicted molar refractivity (Wildman–Crippen MR) is 115 cm³/mol. The number of hydrogen-bond acceptors (Lipinski definition) is 6. The van der Waals surface area contributed by atoms with E-state index in [1.807, 2.05) is 24.3 Å². The van der Waals surface area contributed by atoms with E-state index in [1.54, 1.807) is 25.3 Å². The van der Waals surface area contributed by atoms with Gasteiger partial charge in [-0.2, -0.15) is 4.31 Å². The zero-order chi connectivity index (χ0) is 21.8. The predicted octanol–water partition coefficient (Wildman–Crippen LogP) is 4.99.